The van der Waals surface area contributed by atoms with Gasteiger partial charge in [0.15, 0.2) is 0 Å². The lowest BCUT2D eigenvalue weighted by Gasteiger charge is -2.25. The van der Waals surface area contributed by atoms with Crippen LogP contribution in [-0.4, -0.2) is 18.6 Å². The highest BCUT2D eigenvalue weighted by Crippen LogP contribution is 2.33. The summed E-state index contributed by atoms with van der Waals surface area (Å²) in [6, 6.07) is 4.29. The zero-order valence-electron chi connectivity index (χ0n) is 12.0. The molecule has 4 nitrogen and oxygen atoms in total. The summed E-state index contributed by atoms with van der Waals surface area (Å²) in [7, 11) is 0. The summed E-state index contributed by atoms with van der Waals surface area (Å²) in [5, 5.41) is 3.05. The molecule has 3 N–H and O–H groups in total. The van der Waals surface area contributed by atoms with Gasteiger partial charge >= 0.3 is 0 Å². The van der Waals surface area contributed by atoms with E-state index in [2.05, 4.69) is 27.3 Å². The van der Waals surface area contributed by atoms with Crippen LogP contribution in [0, 0.1) is 5.92 Å². The molecule has 1 aliphatic heterocycles. The third-order valence-corrected chi connectivity index (χ3v) is 4.82. The molecule has 1 saturated carbocycles. The van der Waals surface area contributed by atoms with Crippen molar-refractivity contribution in [1.29, 1.82) is 0 Å². The van der Waals surface area contributed by atoms with E-state index in [1.165, 1.54) is 5.56 Å². The molecule has 0 saturated heterocycles. The van der Waals surface area contributed by atoms with Crippen LogP contribution in [0.15, 0.2) is 16.6 Å². The standard InChI is InChI=1S/C16H21BrN2O2/c17-13-6-10-4-5-21-15(10)12(7-13)9-19-16(20)11-2-1-3-14(18)8-11/h6-7,11,14H,1-5,8-9,18H2,(H,19,20). The lowest BCUT2D eigenvalue weighted by atomic mass is 9.85. The van der Waals surface area contributed by atoms with Crippen LogP contribution in [0.1, 0.15) is 36.8 Å². The van der Waals surface area contributed by atoms with Crippen LogP contribution < -0.4 is 15.8 Å². The van der Waals surface area contributed by atoms with Gasteiger partial charge in [-0.25, -0.2) is 0 Å². The predicted octanol–water partition coefficient (Wildman–Crippen LogP) is 2.52. The van der Waals surface area contributed by atoms with Gasteiger partial charge in [-0.15, -0.1) is 0 Å². The number of nitrogens with one attached hydrogen (secondary N) is 1. The monoisotopic (exact) mass is 352 g/mol. The molecule has 114 valence electrons. The molecule has 2 aliphatic rings. The van der Waals surface area contributed by atoms with Crippen molar-refractivity contribution in [3.8, 4) is 5.75 Å². The number of carbonyl (C=O) groups excluding carboxylic acids is 1. The van der Waals surface area contributed by atoms with Crippen LogP contribution in [0.3, 0.4) is 0 Å². The van der Waals surface area contributed by atoms with E-state index in [4.69, 9.17) is 10.5 Å². The number of amides is 1. The molecule has 2 atom stereocenters. The van der Waals surface area contributed by atoms with Gasteiger partial charge in [-0.2, -0.15) is 0 Å². The Balaban J connectivity index is 1.64. The van der Waals surface area contributed by atoms with Crippen molar-refractivity contribution in [3.05, 3.63) is 27.7 Å². The van der Waals surface area contributed by atoms with Crippen molar-refractivity contribution < 1.29 is 9.53 Å². The number of benzene rings is 1. The second kappa shape index (κ2) is 6.36. The summed E-state index contributed by atoms with van der Waals surface area (Å²) in [5.74, 6) is 1.13. The Labute approximate surface area is 133 Å². The molecule has 0 aromatic heterocycles. The Morgan fingerprint density at radius 3 is 3.10 bits per heavy atom. The summed E-state index contributed by atoms with van der Waals surface area (Å²) in [5.41, 5.74) is 8.22. The van der Waals surface area contributed by atoms with E-state index in [1.54, 1.807) is 0 Å². The topological polar surface area (TPSA) is 64.4 Å². The second-order valence-electron chi connectivity index (χ2n) is 5.99. The predicted molar refractivity (Wildman–Crippen MR) is 85.1 cm³/mol. The maximum atomic E-state index is 12.3. The van der Waals surface area contributed by atoms with Crippen LogP contribution in [0.5, 0.6) is 5.75 Å². The fourth-order valence-electron chi connectivity index (χ4n) is 3.27. The third kappa shape index (κ3) is 3.40. The van der Waals surface area contributed by atoms with Gasteiger partial charge in [0.1, 0.15) is 5.75 Å². The molecule has 0 spiro atoms. The molecular formula is C16H21BrN2O2. The summed E-state index contributed by atoms with van der Waals surface area (Å²) < 4.78 is 6.72. The summed E-state index contributed by atoms with van der Waals surface area (Å²) in [4.78, 5) is 12.3. The van der Waals surface area contributed by atoms with Crippen LogP contribution in [-0.2, 0) is 17.8 Å². The number of rotatable bonds is 3. The minimum Gasteiger partial charge on any atom is -0.493 e. The van der Waals surface area contributed by atoms with Gasteiger partial charge in [0, 0.05) is 35.0 Å². The Hall–Kier alpha value is -1.07. The molecule has 5 heteroatoms. The molecule has 1 aromatic rings. The van der Waals surface area contributed by atoms with E-state index in [-0.39, 0.29) is 17.9 Å². The third-order valence-electron chi connectivity index (χ3n) is 4.36. The summed E-state index contributed by atoms with van der Waals surface area (Å²) in [6.45, 7) is 1.25. The zero-order valence-corrected chi connectivity index (χ0v) is 13.6. The molecule has 21 heavy (non-hydrogen) atoms. The molecule has 1 aliphatic carbocycles. The number of halogens is 1. The van der Waals surface area contributed by atoms with Gasteiger partial charge in [0.05, 0.1) is 6.61 Å². The van der Waals surface area contributed by atoms with Crippen molar-refractivity contribution >= 4 is 21.8 Å². The average Bonchev–Trinajstić information content (AvgIpc) is 2.92. The minimum atomic E-state index is 0.0647. The number of fused-ring (bicyclic) bond motifs is 1. The lowest BCUT2D eigenvalue weighted by Crippen LogP contribution is -2.37. The number of ether oxygens (including phenoxy) is 1. The summed E-state index contributed by atoms with van der Waals surface area (Å²) in [6.07, 6.45) is 4.78. The average molecular weight is 353 g/mol. The number of carbonyl (C=O) groups is 1. The largest absolute Gasteiger partial charge is 0.493 e. The van der Waals surface area contributed by atoms with Crippen molar-refractivity contribution in [2.75, 3.05) is 6.61 Å². The second-order valence-corrected chi connectivity index (χ2v) is 6.91. The lowest BCUT2D eigenvalue weighted by molar-refractivity contribution is -0.126. The Morgan fingerprint density at radius 2 is 2.29 bits per heavy atom. The van der Waals surface area contributed by atoms with E-state index in [0.29, 0.717) is 6.54 Å². The zero-order chi connectivity index (χ0) is 14.8. The molecular weight excluding hydrogens is 332 g/mol. The number of hydrogen-bond donors (Lipinski definition) is 2. The Morgan fingerprint density at radius 1 is 1.43 bits per heavy atom. The van der Waals surface area contributed by atoms with Gasteiger partial charge in [0.2, 0.25) is 5.91 Å². The van der Waals surface area contributed by atoms with Gasteiger partial charge < -0.3 is 15.8 Å². The van der Waals surface area contributed by atoms with E-state index >= 15 is 0 Å². The van der Waals surface area contributed by atoms with E-state index in [0.717, 1.165) is 54.5 Å². The first-order valence-electron chi connectivity index (χ1n) is 7.61. The van der Waals surface area contributed by atoms with Crippen molar-refractivity contribution in [3.63, 3.8) is 0 Å². The molecule has 1 amide bonds. The van der Waals surface area contributed by atoms with Crippen LogP contribution >= 0.6 is 15.9 Å². The first kappa shape index (κ1) is 14.9. The quantitative estimate of drug-likeness (QED) is 0.878. The maximum absolute atomic E-state index is 12.3. The van der Waals surface area contributed by atoms with Crippen molar-refractivity contribution in [2.24, 2.45) is 11.7 Å². The molecule has 0 bridgehead atoms. The Kier molecular flexibility index (Phi) is 4.50. The summed E-state index contributed by atoms with van der Waals surface area (Å²) >= 11 is 3.52. The highest BCUT2D eigenvalue weighted by Gasteiger charge is 2.25. The highest BCUT2D eigenvalue weighted by molar-refractivity contribution is 9.10. The van der Waals surface area contributed by atoms with E-state index in [9.17, 15) is 4.79 Å². The van der Waals surface area contributed by atoms with Crippen LogP contribution in [0.25, 0.3) is 0 Å². The fourth-order valence-corrected chi connectivity index (χ4v) is 3.82. The molecule has 3 rings (SSSR count). The molecule has 1 aromatic carbocycles. The van der Waals surface area contributed by atoms with Crippen molar-refractivity contribution in [2.45, 2.75) is 44.7 Å². The van der Waals surface area contributed by atoms with Gasteiger partial charge in [-0.3, -0.25) is 4.79 Å². The maximum Gasteiger partial charge on any atom is 0.223 e. The molecule has 1 fully saturated rings. The van der Waals surface area contributed by atoms with Gasteiger partial charge in [-0.1, -0.05) is 22.4 Å². The van der Waals surface area contributed by atoms with Crippen molar-refractivity contribution in [1.82, 2.24) is 5.32 Å². The normalized spacial score (nSPS) is 24.3. The molecule has 1 heterocycles. The fraction of sp³-hybridized carbons (Fsp3) is 0.562. The van der Waals surface area contributed by atoms with Gasteiger partial charge in [-0.05, 0) is 37.0 Å². The van der Waals surface area contributed by atoms with Crippen LogP contribution in [0.2, 0.25) is 0 Å². The van der Waals surface area contributed by atoms with Gasteiger partial charge in [0.25, 0.3) is 0 Å². The SMILES string of the molecule is NC1CCCC(C(=O)NCc2cc(Br)cc3c2OCC3)C1. The number of nitrogens with two attached hydrogens (primary N) is 1. The highest BCUT2D eigenvalue weighted by atomic mass is 79.9. The minimum absolute atomic E-state index is 0.0647. The number of hydrogen-bond acceptors (Lipinski definition) is 3. The Bertz CT molecular complexity index is 547. The van der Waals surface area contributed by atoms with Crippen LogP contribution in [0.4, 0.5) is 0 Å². The smallest absolute Gasteiger partial charge is 0.223 e. The van der Waals surface area contributed by atoms with E-state index < -0.39 is 0 Å². The molecule has 0 radical (unpaired) electrons. The first-order valence-corrected chi connectivity index (χ1v) is 8.40. The first-order chi connectivity index (χ1) is 10.1. The molecule has 2 unspecified atom stereocenters. The van der Waals surface area contributed by atoms with E-state index in [1.807, 2.05) is 6.07 Å².